The Morgan fingerprint density at radius 2 is 1.60 bits per heavy atom. The van der Waals surface area contributed by atoms with Gasteiger partial charge in [-0.05, 0) is 23.8 Å². The van der Waals surface area contributed by atoms with E-state index in [1.807, 2.05) is 0 Å². The molecule has 2 aromatic carbocycles. The first-order chi connectivity index (χ1) is 13.4. The average molecular weight is 476 g/mol. The molecule has 0 heterocycles. The van der Waals surface area contributed by atoms with E-state index in [0.717, 1.165) is 7.11 Å². The van der Waals surface area contributed by atoms with Crippen molar-refractivity contribution in [3.63, 3.8) is 0 Å². The number of rotatable bonds is 3. The zero-order valence-corrected chi connectivity index (χ0v) is 18.4. The predicted octanol–water partition coefficient (Wildman–Crippen LogP) is 0.509. The zero-order valence-electron chi connectivity index (χ0n) is 15.3. The van der Waals surface area contributed by atoms with Gasteiger partial charge in [-0.1, -0.05) is 36.1 Å². The van der Waals surface area contributed by atoms with Gasteiger partial charge >= 0.3 is 43.2 Å². The fraction of sp³-hybridized carbons (Fsp3) is 0.125. The van der Waals surface area contributed by atoms with E-state index in [1.54, 1.807) is 30.3 Å². The molecule has 3 N–H and O–H groups in total. The molecule has 160 valence electrons. The second-order valence-electron chi connectivity index (χ2n) is 4.66. The van der Waals surface area contributed by atoms with Crippen molar-refractivity contribution in [1.29, 1.82) is 0 Å². The van der Waals surface area contributed by atoms with Gasteiger partial charge in [0.2, 0.25) is 0 Å². The van der Waals surface area contributed by atoms with Crippen LogP contribution in [0.3, 0.4) is 0 Å². The molecule has 0 aliphatic carbocycles. The Bertz CT molecular complexity index is 924. The van der Waals surface area contributed by atoms with Gasteiger partial charge in [0.1, 0.15) is 5.75 Å². The van der Waals surface area contributed by atoms with Gasteiger partial charge in [0.25, 0.3) is 5.91 Å². The van der Waals surface area contributed by atoms with Crippen LogP contribution in [0.1, 0.15) is 15.9 Å². The van der Waals surface area contributed by atoms with E-state index in [4.69, 9.17) is 18.1 Å². The minimum atomic E-state index is -6.09. The number of aliphatic hydroxyl groups is 1. The minimum absolute atomic E-state index is 0. The summed E-state index contributed by atoms with van der Waals surface area (Å²) in [5.74, 6) is -1.25. The Kier molecular flexibility index (Phi) is 14.3. The summed E-state index contributed by atoms with van der Waals surface area (Å²) in [4.78, 5) is 11.6. The standard InChI is InChI=1S/C14H12N2O3.CHF3O3S.CH4O.Ca/c17-12-8-4-7-11(13(12)18)9-15-16-14(19)10-5-2-1-3-6-10;2-1(3,4)8(5,6)7;1-2;/h1-9,17-18H,(H,16,19);(H,5,6,7);2H,1H3;/q;;;+2/p-2/b15-9+;;;. The number of benzene rings is 2. The Labute approximate surface area is 199 Å². The van der Waals surface area contributed by atoms with Crippen LogP contribution < -0.4 is 10.5 Å². The Hall–Kier alpha value is -1.90. The van der Waals surface area contributed by atoms with Crippen molar-refractivity contribution in [1.82, 2.24) is 5.43 Å². The largest absolute Gasteiger partial charge is 2.00 e. The number of aromatic hydroxyl groups is 1. The van der Waals surface area contributed by atoms with Crippen molar-refractivity contribution in [2.45, 2.75) is 5.51 Å². The minimum Gasteiger partial charge on any atom is -0.870 e. The number of phenolic OH excluding ortho intramolecular Hbond substituents is 1. The number of halogens is 3. The molecular weight excluding hydrogens is 461 g/mol. The molecule has 0 spiro atoms. The molecule has 2 aromatic rings. The summed E-state index contributed by atoms with van der Waals surface area (Å²) in [7, 11) is -5.09. The van der Waals surface area contributed by atoms with Crippen LogP contribution in [0, 0.1) is 0 Å². The molecule has 9 nitrogen and oxygen atoms in total. The fourth-order valence-electron chi connectivity index (χ4n) is 1.46. The number of carbonyl (C=O) groups is 1. The number of hydrazone groups is 1. The molecule has 0 bridgehead atoms. The first-order valence-electron chi connectivity index (χ1n) is 7.28. The Morgan fingerprint density at radius 1 is 1.10 bits per heavy atom. The Balaban J connectivity index is 0. The maximum Gasteiger partial charge on any atom is 2.00 e. The number of nitrogens with one attached hydrogen (secondary N) is 1. The number of amides is 1. The van der Waals surface area contributed by atoms with Crippen molar-refractivity contribution in [3.8, 4) is 11.5 Å². The van der Waals surface area contributed by atoms with Gasteiger partial charge in [-0.2, -0.15) is 18.3 Å². The van der Waals surface area contributed by atoms with Crippen LogP contribution >= 0.6 is 0 Å². The van der Waals surface area contributed by atoms with Crippen LogP contribution in [0.5, 0.6) is 11.5 Å². The third kappa shape index (κ3) is 10.8. The van der Waals surface area contributed by atoms with Gasteiger partial charge in [-0.3, -0.25) is 4.79 Å². The first kappa shape index (κ1) is 30.3. The molecule has 0 unspecified atom stereocenters. The third-order valence-electron chi connectivity index (χ3n) is 2.71. The van der Waals surface area contributed by atoms with Gasteiger partial charge in [-0.15, -0.1) is 0 Å². The maximum atomic E-state index is 11.6. The van der Waals surface area contributed by atoms with Gasteiger partial charge in [-0.25, -0.2) is 13.8 Å². The number of hydrogen-bond donors (Lipinski definition) is 3. The molecule has 0 saturated heterocycles. The molecule has 0 aliphatic heterocycles. The number of hydrogen-bond acceptors (Lipinski definition) is 8. The zero-order chi connectivity index (χ0) is 22.7. The quantitative estimate of drug-likeness (QED) is 0.191. The van der Waals surface area contributed by atoms with Gasteiger partial charge in [0.15, 0.2) is 10.1 Å². The number of aliphatic hydroxyl groups excluding tert-OH is 1. The van der Waals surface area contributed by atoms with E-state index < -0.39 is 21.4 Å². The average Bonchev–Trinajstić information content (AvgIpc) is 2.66. The van der Waals surface area contributed by atoms with E-state index in [-0.39, 0.29) is 55.0 Å². The molecule has 0 aromatic heterocycles. The molecule has 14 heteroatoms. The van der Waals surface area contributed by atoms with Crippen molar-refractivity contribution in [2.24, 2.45) is 5.10 Å². The monoisotopic (exact) mass is 476 g/mol. The van der Waals surface area contributed by atoms with Crippen molar-refractivity contribution in [3.05, 3.63) is 59.7 Å². The van der Waals surface area contributed by atoms with E-state index >= 15 is 0 Å². The fourth-order valence-corrected chi connectivity index (χ4v) is 1.46. The Morgan fingerprint density at radius 3 is 2.07 bits per heavy atom. The van der Waals surface area contributed by atoms with Crippen LogP contribution in [-0.4, -0.2) is 85.7 Å². The summed E-state index contributed by atoms with van der Waals surface area (Å²) in [6, 6.07) is 12.9. The smallest absolute Gasteiger partial charge is 0.870 e. The molecule has 0 saturated carbocycles. The van der Waals surface area contributed by atoms with E-state index in [1.165, 1.54) is 24.4 Å². The summed E-state index contributed by atoms with van der Waals surface area (Å²) in [5, 5.41) is 31.4. The van der Waals surface area contributed by atoms with Gasteiger partial charge in [0.05, 0.1) is 6.21 Å². The normalized spacial score (nSPS) is 10.6. The summed E-state index contributed by atoms with van der Waals surface area (Å²) in [6.45, 7) is 0. The van der Waals surface area contributed by atoms with Crippen LogP contribution in [-0.2, 0) is 10.1 Å². The SMILES string of the molecule is CO.O=C(N/N=C/c1cccc(O)c1[O-])c1ccccc1.O=S(=O)([O-])C(F)(F)F.[Ca+2]. The summed E-state index contributed by atoms with van der Waals surface area (Å²) < 4.78 is 58.9. The van der Waals surface area contributed by atoms with E-state index in [9.17, 15) is 28.2 Å². The molecule has 2 rings (SSSR count). The number of phenols is 1. The van der Waals surface area contributed by atoms with Crippen LogP contribution in [0.2, 0.25) is 0 Å². The van der Waals surface area contributed by atoms with Crippen molar-refractivity contribution >= 4 is 60.0 Å². The maximum absolute atomic E-state index is 11.6. The van der Waals surface area contributed by atoms with Crippen LogP contribution in [0.25, 0.3) is 0 Å². The van der Waals surface area contributed by atoms with Crippen LogP contribution in [0.15, 0.2) is 53.6 Å². The second-order valence-corrected chi connectivity index (χ2v) is 6.03. The topological polar surface area (TPSA) is 162 Å². The molecule has 0 atom stereocenters. The van der Waals surface area contributed by atoms with Gasteiger partial charge < -0.3 is 19.9 Å². The predicted molar refractivity (Wildman–Crippen MR) is 98.7 cm³/mol. The third-order valence-corrected chi connectivity index (χ3v) is 3.28. The molecule has 30 heavy (non-hydrogen) atoms. The first-order valence-corrected chi connectivity index (χ1v) is 8.68. The summed E-state index contributed by atoms with van der Waals surface area (Å²) in [5.41, 5.74) is -2.67. The van der Waals surface area contributed by atoms with Gasteiger partial charge in [0, 0.05) is 12.7 Å². The number of carbonyl (C=O) groups excluding carboxylic acids is 1. The van der Waals surface area contributed by atoms with E-state index in [2.05, 4.69) is 10.5 Å². The number of nitrogens with zero attached hydrogens (tertiary/aromatic N) is 1. The molecule has 0 fully saturated rings. The molecule has 0 aliphatic rings. The van der Waals surface area contributed by atoms with Crippen molar-refractivity contribution in [2.75, 3.05) is 7.11 Å². The number of alkyl halides is 3. The summed E-state index contributed by atoms with van der Waals surface area (Å²) in [6.07, 6.45) is 1.20. The van der Waals surface area contributed by atoms with E-state index in [0.29, 0.717) is 5.56 Å². The molecular formula is C16H15CaF3N2O7S. The summed E-state index contributed by atoms with van der Waals surface area (Å²) >= 11 is 0. The molecule has 0 radical (unpaired) electrons. The molecule has 1 amide bonds. The van der Waals surface area contributed by atoms with Crippen LogP contribution in [0.4, 0.5) is 13.2 Å². The number of para-hydroxylation sites is 1. The van der Waals surface area contributed by atoms with Crippen molar-refractivity contribution < 1.29 is 46.3 Å². The second kappa shape index (κ2) is 14.2.